The van der Waals surface area contributed by atoms with Crippen LogP contribution < -0.4 is 5.73 Å². The van der Waals surface area contributed by atoms with Crippen molar-refractivity contribution in [2.24, 2.45) is 11.1 Å². The maximum Gasteiger partial charge on any atom is 0.0702 e. The number of likely N-dealkylation sites (N-methyl/N-ethyl adjacent to an activating group) is 1. The smallest absolute Gasteiger partial charge is 0.0702 e. The van der Waals surface area contributed by atoms with Crippen molar-refractivity contribution in [1.29, 1.82) is 0 Å². The van der Waals surface area contributed by atoms with Gasteiger partial charge < -0.3 is 20.1 Å². The van der Waals surface area contributed by atoms with Gasteiger partial charge in [0.05, 0.1) is 12.7 Å². The Balaban J connectivity index is 1.92. The first-order valence-corrected chi connectivity index (χ1v) is 6.26. The zero-order chi connectivity index (χ0) is 11.6. The highest BCUT2D eigenvalue weighted by molar-refractivity contribution is 4.90. The third-order valence-corrected chi connectivity index (χ3v) is 4.11. The lowest BCUT2D eigenvalue weighted by atomic mass is 9.86. The molecular weight excluding hydrogens is 204 g/mol. The molecule has 3 atom stereocenters. The Hall–Kier alpha value is -0.160. The summed E-state index contributed by atoms with van der Waals surface area (Å²) in [4.78, 5) is 2.42. The van der Waals surface area contributed by atoms with E-state index >= 15 is 0 Å². The lowest BCUT2D eigenvalue weighted by Crippen LogP contribution is -2.47. The van der Waals surface area contributed by atoms with Crippen molar-refractivity contribution in [3.8, 4) is 0 Å². The number of hydrogen-bond acceptors (Lipinski definition) is 4. The molecule has 0 radical (unpaired) electrons. The van der Waals surface area contributed by atoms with E-state index in [1.165, 1.54) is 0 Å². The highest BCUT2D eigenvalue weighted by Crippen LogP contribution is 2.30. The van der Waals surface area contributed by atoms with E-state index in [1.54, 1.807) is 0 Å². The fraction of sp³-hybridized carbons (Fsp3) is 1.00. The Morgan fingerprint density at radius 3 is 2.75 bits per heavy atom. The van der Waals surface area contributed by atoms with E-state index in [0.29, 0.717) is 12.1 Å². The van der Waals surface area contributed by atoms with E-state index in [0.717, 1.165) is 45.8 Å². The molecule has 2 aliphatic heterocycles. The highest BCUT2D eigenvalue weighted by Gasteiger charge is 2.38. The quantitative estimate of drug-likeness (QED) is 0.759. The standard InChI is InChI=1S/C12H24N2O2/c1-10-11(3-5-16-10)14(2)8-12(7-13)4-6-15-9-12/h10-11H,3-9,13H2,1-2H3. The van der Waals surface area contributed by atoms with Gasteiger partial charge in [-0.15, -0.1) is 0 Å². The zero-order valence-corrected chi connectivity index (χ0v) is 10.4. The Bertz CT molecular complexity index is 229. The summed E-state index contributed by atoms with van der Waals surface area (Å²) in [6, 6.07) is 0.545. The maximum absolute atomic E-state index is 5.91. The Kier molecular flexibility index (Phi) is 3.85. The normalized spacial score (nSPS) is 39.8. The molecule has 3 unspecified atom stereocenters. The number of ether oxygens (including phenoxy) is 2. The second-order valence-corrected chi connectivity index (χ2v) is 5.35. The summed E-state index contributed by atoms with van der Waals surface area (Å²) in [5.41, 5.74) is 6.09. The van der Waals surface area contributed by atoms with Gasteiger partial charge in [-0.2, -0.15) is 0 Å². The number of nitrogens with zero attached hydrogens (tertiary/aromatic N) is 1. The van der Waals surface area contributed by atoms with E-state index in [9.17, 15) is 0 Å². The van der Waals surface area contributed by atoms with Crippen molar-refractivity contribution in [2.45, 2.75) is 31.9 Å². The highest BCUT2D eigenvalue weighted by atomic mass is 16.5. The molecule has 2 heterocycles. The van der Waals surface area contributed by atoms with Crippen molar-refractivity contribution in [3.05, 3.63) is 0 Å². The molecule has 16 heavy (non-hydrogen) atoms. The molecule has 2 fully saturated rings. The van der Waals surface area contributed by atoms with Crippen molar-refractivity contribution >= 4 is 0 Å². The second-order valence-electron chi connectivity index (χ2n) is 5.35. The molecule has 94 valence electrons. The van der Waals surface area contributed by atoms with E-state index in [1.807, 2.05) is 0 Å². The molecule has 4 nitrogen and oxygen atoms in total. The van der Waals surface area contributed by atoms with Gasteiger partial charge >= 0.3 is 0 Å². The molecular formula is C12H24N2O2. The molecule has 4 heteroatoms. The molecule has 0 aromatic heterocycles. The van der Waals surface area contributed by atoms with Gasteiger partial charge in [0.2, 0.25) is 0 Å². The minimum atomic E-state index is 0.178. The molecule has 0 aliphatic carbocycles. The predicted molar refractivity (Wildman–Crippen MR) is 63.4 cm³/mol. The van der Waals surface area contributed by atoms with Gasteiger partial charge in [0.25, 0.3) is 0 Å². The Morgan fingerprint density at radius 2 is 2.25 bits per heavy atom. The molecule has 2 aliphatic rings. The van der Waals surface area contributed by atoms with Gasteiger partial charge in [-0.3, -0.25) is 0 Å². The molecule has 2 N–H and O–H groups in total. The zero-order valence-electron chi connectivity index (χ0n) is 10.4. The minimum Gasteiger partial charge on any atom is -0.381 e. The molecule has 0 spiro atoms. The third kappa shape index (κ3) is 2.40. The fourth-order valence-electron chi connectivity index (χ4n) is 2.95. The van der Waals surface area contributed by atoms with Crippen LogP contribution in [0.25, 0.3) is 0 Å². The summed E-state index contributed by atoms with van der Waals surface area (Å²) in [6.45, 7) is 6.48. The summed E-state index contributed by atoms with van der Waals surface area (Å²) < 4.78 is 11.1. The molecule has 0 bridgehead atoms. The summed E-state index contributed by atoms with van der Waals surface area (Å²) >= 11 is 0. The van der Waals surface area contributed by atoms with Crippen LogP contribution in [0.3, 0.4) is 0 Å². The lowest BCUT2D eigenvalue weighted by Gasteiger charge is -2.35. The van der Waals surface area contributed by atoms with E-state index in [-0.39, 0.29) is 5.41 Å². The Morgan fingerprint density at radius 1 is 1.44 bits per heavy atom. The molecule has 0 aromatic carbocycles. The molecule has 0 saturated carbocycles. The average molecular weight is 228 g/mol. The number of hydrogen-bond donors (Lipinski definition) is 1. The predicted octanol–water partition coefficient (Wildman–Crippen LogP) is 0.461. The fourth-order valence-corrected chi connectivity index (χ4v) is 2.95. The van der Waals surface area contributed by atoms with Crippen molar-refractivity contribution < 1.29 is 9.47 Å². The van der Waals surface area contributed by atoms with Crippen LogP contribution in [0.5, 0.6) is 0 Å². The van der Waals surface area contributed by atoms with Crippen LogP contribution in [0.4, 0.5) is 0 Å². The summed E-state index contributed by atoms with van der Waals surface area (Å²) in [5.74, 6) is 0. The maximum atomic E-state index is 5.91. The van der Waals surface area contributed by atoms with Crippen molar-refractivity contribution in [3.63, 3.8) is 0 Å². The molecule has 2 saturated heterocycles. The van der Waals surface area contributed by atoms with Crippen LogP contribution in [0.1, 0.15) is 19.8 Å². The first-order valence-electron chi connectivity index (χ1n) is 6.26. The van der Waals surface area contributed by atoms with Crippen LogP contribution in [-0.4, -0.2) is 57.0 Å². The number of rotatable bonds is 4. The largest absolute Gasteiger partial charge is 0.381 e. The monoisotopic (exact) mass is 228 g/mol. The summed E-state index contributed by atoms with van der Waals surface area (Å²) in [6.07, 6.45) is 2.58. The Labute approximate surface area is 98.1 Å². The van der Waals surface area contributed by atoms with E-state index in [4.69, 9.17) is 15.2 Å². The van der Waals surface area contributed by atoms with Gasteiger partial charge in [0.1, 0.15) is 0 Å². The summed E-state index contributed by atoms with van der Waals surface area (Å²) in [7, 11) is 2.19. The SMILES string of the molecule is CC1OCCC1N(C)CC1(CN)CCOC1. The second kappa shape index (κ2) is 5.00. The van der Waals surface area contributed by atoms with Gasteiger partial charge in [-0.05, 0) is 26.8 Å². The minimum absolute atomic E-state index is 0.178. The van der Waals surface area contributed by atoms with Crippen molar-refractivity contribution in [1.82, 2.24) is 4.90 Å². The first-order chi connectivity index (χ1) is 7.67. The van der Waals surface area contributed by atoms with E-state index in [2.05, 4.69) is 18.9 Å². The number of nitrogens with two attached hydrogens (primary N) is 1. The van der Waals surface area contributed by atoms with Crippen LogP contribution >= 0.6 is 0 Å². The molecule has 2 rings (SSSR count). The van der Waals surface area contributed by atoms with E-state index < -0.39 is 0 Å². The average Bonchev–Trinajstić information content (AvgIpc) is 2.87. The molecule has 0 aromatic rings. The van der Waals surface area contributed by atoms with Gasteiger partial charge in [0, 0.05) is 37.8 Å². The van der Waals surface area contributed by atoms with Gasteiger partial charge in [-0.25, -0.2) is 0 Å². The lowest BCUT2D eigenvalue weighted by molar-refractivity contribution is 0.0593. The third-order valence-electron chi connectivity index (χ3n) is 4.11. The first kappa shape index (κ1) is 12.3. The van der Waals surface area contributed by atoms with Gasteiger partial charge in [-0.1, -0.05) is 0 Å². The van der Waals surface area contributed by atoms with Crippen LogP contribution in [0, 0.1) is 5.41 Å². The summed E-state index contributed by atoms with van der Waals surface area (Å²) in [5, 5.41) is 0. The van der Waals surface area contributed by atoms with Crippen LogP contribution in [0.2, 0.25) is 0 Å². The molecule has 0 amide bonds. The topological polar surface area (TPSA) is 47.7 Å². The van der Waals surface area contributed by atoms with Crippen LogP contribution in [-0.2, 0) is 9.47 Å². The van der Waals surface area contributed by atoms with Crippen LogP contribution in [0.15, 0.2) is 0 Å². The van der Waals surface area contributed by atoms with Gasteiger partial charge in [0.15, 0.2) is 0 Å². The van der Waals surface area contributed by atoms with Crippen molar-refractivity contribution in [2.75, 3.05) is 40.0 Å².